The maximum atomic E-state index is 12.9. The average molecular weight is 406 g/mol. The summed E-state index contributed by atoms with van der Waals surface area (Å²) in [6.07, 6.45) is 7.90. The van der Waals surface area contributed by atoms with Crippen molar-refractivity contribution in [3.05, 3.63) is 66.0 Å². The molecule has 0 aliphatic carbocycles. The molecular formula is C19H12ClN7O2. The van der Waals surface area contributed by atoms with Crippen molar-refractivity contribution in [1.29, 1.82) is 0 Å². The van der Waals surface area contributed by atoms with Gasteiger partial charge in [0.2, 0.25) is 11.7 Å². The van der Waals surface area contributed by atoms with Crippen LogP contribution in [-0.4, -0.2) is 31.1 Å². The lowest BCUT2D eigenvalue weighted by atomic mass is 10.2. The Bertz CT molecular complexity index is 1350. The molecule has 3 N–H and O–H groups in total. The number of nitrogens with zero attached hydrogens (tertiary/aromatic N) is 4. The van der Waals surface area contributed by atoms with E-state index in [0.717, 1.165) is 5.39 Å². The van der Waals surface area contributed by atoms with Gasteiger partial charge in [0.05, 0.1) is 28.6 Å². The van der Waals surface area contributed by atoms with Gasteiger partial charge in [0.15, 0.2) is 5.58 Å². The number of nitrogens with one attached hydrogen (secondary N) is 3. The van der Waals surface area contributed by atoms with E-state index in [9.17, 15) is 4.79 Å². The van der Waals surface area contributed by atoms with Crippen molar-refractivity contribution in [1.82, 2.24) is 25.1 Å². The molecule has 0 aliphatic heterocycles. The smallest absolute Gasteiger partial charge is 0.295 e. The molecule has 1 amide bonds. The fourth-order valence-corrected chi connectivity index (χ4v) is 3.21. The number of carbonyl (C=O) groups excluding carboxylic acids is 1. The minimum Gasteiger partial charge on any atom is -0.447 e. The molecule has 10 heteroatoms. The van der Waals surface area contributed by atoms with Crippen molar-refractivity contribution < 1.29 is 9.21 Å². The molecule has 0 atom stereocenters. The summed E-state index contributed by atoms with van der Waals surface area (Å²) in [4.78, 5) is 25.0. The standard InChI is InChI=1S/C19H12ClN7O2/c20-12-2-3-13(11-8-24-27-15(11)12)25-16-10-4-7-21-9-14(10)29-17(16)18(28)26-19-22-5-1-6-23-19/h1-9,25H,(H,24,27)(H,22,23,26,28). The topological polar surface area (TPSA) is 122 Å². The number of hydrogen-bond acceptors (Lipinski definition) is 7. The second kappa shape index (κ2) is 6.88. The molecule has 5 aromatic rings. The van der Waals surface area contributed by atoms with Gasteiger partial charge in [0, 0.05) is 35.1 Å². The first-order valence-corrected chi connectivity index (χ1v) is 8.92. The number of rotatable bonds is 4. The number of hydrogen-bond donors (Lipinski definition) is 3. The molecule has 0 spiro atoms. The molecular weight excluding hydrogens is 394 g/mol. The maximum absolute atomic E-state index is 12.9. The third kappa shape index (κ3) is 3.03. The molecule has 4 aromatic heterocycles. The fourth-order valence-electron chi connectivity index (χ4n) is 3.00. The van der Waals surface area contributed by atoms with Gasteiger partial charge in [-0.05, 0) is 24.3 Å². The van der Waals surface area contributed by atoms with Crippen LogP contribution in [0.5, 0.6) is 0 Å². The Labute approximate surface area is 168 Å². The fraction of sp³-hybridized carbons (Fsp3) is 0. The zero-order chi connectivity index (χ0) is 19.8. The third-order valence-electron chi connectivity index (χ3n) is 4.31. The number of carbonyl (C=O) groups is 1. The highest BCUT2D eigenvalue weighted by molar-refractivity contribution is 6.35. The number of halogens is 1. The molecule has 0 fully saturated rings. The number of H-pyrrole nitrogens is 1. The molecule has 9 nitrogen and oxygen atoms in total. The van der Waals surface area contributed by atoms with Gasteiger partial charge in [-0.3, -0.25) is 20.2 Å². The second-order valence-electron chi connectivity index (χ2n) is 6.08. The van der Waals surface area contributed by atoms with Gasteiger partial charge >= 0.3 is 0 Å². The summed E-state index contributed by atoms with van der Waals surface area (Å²) in [6.45, 7) is 0. The van der Waals surface area contributed by atoms with Gasteiger partial charge in [-0.25, -0.2) is 9.97 Å². The summed E-state index contributed by atoms with van der Waals surface area (Å²) in [5.74, 6) is -0.245. The molecule has 0 bridgehead atoms. The minimum atomic E-state index is -0.493. The van der Waals surface area contributed by atoms with Crippen LogP contribution in [-0.2, 0) is 0 Å². The minimum absolute atomic E-state index is 0.0760. The average Bonchev–Trinajstić information content (AvgIpc) is 3.37. The zero-order valence-electron chi connectivity index (χ0n) is 14.7. The normalized spacial score (nSPS) is 11.1. The summed E-state index contributed by atoms with van der Waals surface area (Å²) in [5, 5.41) is 14.8. The zero-order valence-corrected chi connectivity index (χ0v) is 15.4. The number of fused-ring (bicyclic) bond motifs is 2. The van der Waals surface area contributed by atoms with Crippen molar-refractivity contribution >= 4 is 56.7 Å². The quantitative estimate of drug-likeness (QED) is 0.410. The van der Waals surface area contributed by atoms with E-state index in [2.05, 4.69) is 35.8 Å². The van der Waals surface area contributed by atoms with Crippen molar-refractivity contribution in [3.8, 4) is 0 Å². The monoisotopic (exact) mass is 405 g/mol. The summed E-state index contributed by atoms with van der Waals surface area (Å²) in [6, 6.07) is 6.97. The van der Waals surface area contributed by atoms with Crippen LogP contribution >= 0.6 is 11.6 Å². The Balaban J connectivity index is 1.60. The summed E-state index contributed by atoms with van der Waals surface area (Å²) in [5.41, 5.74) is 2.35. The van der Waals surface area contributed by atoms with Crippen LogP contribution in [0.15, 0.2) is 59.7 Å². The van der Waals surface area contributed by atoms with Gasteiger partial charge in [0.25, 0.3) is 5.91 Å². The van der Waals surface area contributed by atoms with E-state index in [1.165, 1.54) is 12.4 Å². The summed E-state index contributed by atoms with van der Waals surface area (Å²) < 4.78 is 5.78. The van der Waals surface area contributed by atoms with E-state index < -0.39 is 5.91 Å². The molecule has 142 valence electrons. The Morgan fingerprint density at radius 2 is 1.93 bits per heavy atom. The molecule has 29 heavy (non-hydrogen) atoms. The number of furan rings is 1. The number of aromatic nitrogens is 5. The third-order valence-corrected chi connectivity index (χ3v) is 4.63. The van der Waals surface area contributed by atoms with E-state index >= 15 is 0 Å². The van der Waals surface area contributed by atoms with Gasteiger partial charge in [-0.15, -0.1) is 0 Å². The van der Waals surface area contributed by atoms with Crippen LogP contribution in [0.2, 0.25) is 5.02 Å². The number of amides is 1. The van der Waals surface area contributed by atoms with E-state index in [0.29, 0.717) is 32.9 Å². The van der Waals surface area contributed by atoms with Gasteiger partial charge in [-0.1, -0.05) is 11.6 Å². The lowest BCUT2D eigenvalue weighted by Gasteiger charge is -2.09. The Hall–Kier alpha value is -3.98. The first-order chi connectivity index (χ1) is 14.2. The molecule has 1 aromatic carbocycles. The first-order valence-electron chi connectivity index (χ1n) is 8.54. The van der Waals surface area contributed by atoms with Crippen LogP contribution in [0.4, 0.5) is 17.3 Å². The van der Waals surface area contributed by atoms with Crippen molar-refractivity contribution in [2.24, 2.45) is 0 Å². The van der Waals surface area contributed by atoms with Crippen LogP contribution in [0, 0.1) is 0 Å². The van der Waals surface area contributed by atoms with Crippen molar-refractivity contribution in [2.75, 3.05) is 10.6 Å². The van der Waals surface area contributed by atoms with Crippen LogP contribution in [0.25, 0.3) is 21.9 Å². The lowest BCUT2D eigenvalue weighted by molar-refractivity contribution is 0.0999. The molecule has 0 saturated carbocycles. The van der Waals surface area contributed by atoms with Gasteiger partial charge in [-0.2, -0.15) is 5.10 Å². The van der Waals surface area contributed by atoms with E-state index in [1.54, 1.807) is 36.8 Å². The Morgan fingerprint density at radius 3 is 2.79 bits per heavy atom. The van der Waals surface area contributed by atoms with Crippen molar-refractivity contribution in [2.45, 2.75) is 0 Å². The largest absolute Gasteiger partial charge is 0.447 e. The molecule has 0 saturated heterocycles. The SMILES string of the molecule is O=C(Nc1ncccn1)c1oc2cnccc2c1Nc1ccc(Cl)c2[nH]ncc12. The number of anilines is 3. The lowest BCUT2D eigenvalue weighted by Crippen LogP contribution is -2.14. The van der Waals surface area contributed by atoms with Crippen LogP contribution < -0.4 is 10.6 Å². The molecule has 4 heterocycles. The van der Waals surface area contributed by atoms with E-state index in [-0.39, 0.29) is 11.7 Å². The predicted octanol–water partition coefficient (Wildman–Crippen LogP) is 4.14. The molecule has 0 unspecified atom stereocenters. The molecule has 0 aliphatic rings. The number of pyridine rings is 1. The Kier molecular flexibility index (Phi) is 4.07. The highest BCUT2D eigenvalue weighted by atomic mass is 35.5. The summed E-state index contributed by atoms with van der Waals surface area (Å²) >= 11 is 6.22. The highest BCUT2D eigenvalue weighted by Crippen LogP contribution is 2.36. The van der Waals surface area contributed by atoms with E-state index in [4.69, 9.17) is 16.0 Å². The second-order valence-corrected chi connectivity index (χ2v) is 6.49. The van der Waals surface area contributed by atoms with Crippen LogP contribution in [0.1, 0.15) is 10.6 Å². The maximum Gasteiger partial charge on any atom is 0.295 e. The summed E-state index contributed by atoms with van der Waals surface area (Å²) in [7, 11) is 0. The first kappa shape index (κ1) is 17.1. The Morgan fingerprint density at radius 1 is 1.07 bits per heavy atom. The molecule has 5 rings (SSSR count). The number of benzene rings is 1. The molecule has 0 radical (unpaired) electrons. The van der Waals surface area contributed by atoms with Gasteiger partial charge < -0.3 is 9.73 Å². The van der Waals surface area contributed by atoms with Crippen molar-refractivity contribution in [3.63, 3.8) is 0 Å². The highest BCUT2D eigenvalue weighted by Gasteiger charge is 2.22. The van der Waals surface area contributed by atoms with Crippen LogP contribution in [0.3, 0.4) is 0 Å². The van der Waals surface area contributed by atoms with Gasteiger partial charge in [0.1, 0.15) is 0 Å². The number of aromatic amines is 1. The van der Waals surface area contributed by atoms with E-state index in [1.807, 2.05) is 6.07 Å². The predicted molar refractivity (Wildman–Crippen MR) is 108 cm³/mol.